The van der Waals surface area contributed by atoms with E-state index in [9.17, 15) is 14.7 Å². The predicted molar refractivity (Wildman–Crippen MR) is 125 cm³/mol. The second kappa shape index (κ2) is 10.7. The zero-order valence-corrected chi connectivity index (χ0v) is 19.5. The monoisotopic (exact) mass is 486 g/mol. The Bertz CT molecular complexity index is 975. The van der Waals surface area contributed by atoms with Crippen molar-refractivity contribution < 1.29 is 19.4 Å². The summed E-state index contributed by atoms with van der Waals surface area (Å²) in [6.07, 6.45) is 0. The number of aromatic hydroxyl groups is 1. The second-order valence-electron chi connectivity index (χ2n) is 7.46. The molecular formula is C22H25Cl3N2O4. The van der Waals surface area contributed by atoms with Gasteiger partial charge in [0.15, 0.2) is 5.78 Å². The number of hydrogen-bond donors (Lipinski definition) is 1. The van der Waals surface area contributed by atoms with Crippen LogP contribution in [0.1, 0.15) is 37.4 Å². The Balaban J connectivity index is 0.00000171. The van der Waals surface area contributed by atoms with E-state index in [1.54, 1.807) is 30.3 Å². The summed E-state index contributed by atoms with van der Waals surface area (Å²) >= 11 is 5.85. The Kier molecular flexibility index (Phi) is 8.74. The van der Waals surface area contributed by atoms with Gasteiger partial charge in [-0.3, -0.25) is 14.5 Å². The number of ether oxygens (including phenoxy) is 1. The molecule has 0 spiro atoms. The molecule has 1 heterocycles. The van der Waals surface area contributed by atoms with Gasteiger partial charge in [-0.15, -0.1) is 36.4 Å². The Morgan fingerprint density at radius 3 is 2.32 bits per heavy atom. The molecule has 2 aliphatic rings. The molecule has 0 saturated carbocycles. The maximum Gasteiger partial charge on any atom is 0.201 e. The summed E-state index contributed by atoms with van der Waals surface area (Å²) in [5.41, 5.74) is 1.14. The number of carbonyl (C=O) groups excluding carboxylic acids is 2. The van der Waals surface area contributed by atoms with Gasteiger partial charge in [0.2, 0.25) is 5.78 Å². The van der Waals surface area contributed by atoms with Crippen LogP contribution in [0.25, 0.3) is 0 Å². The van der Waals surface area contributed by atoms with Crippen LogP contribution >= 0.6 is 36.4 Å². The average Bonchev–Trinajstić information content (AvgIpc) is 2.73. The van der Waals surface area contributed by atoms with Crippen molar-refractivity contribution >= 4 is 48.0 Å². The van der Waals surface area contributed by atoms with Gasteiger partial charge in [-0.05, 0) is 19.2 Å². The maximum absolute atomic E-state index is 13.2. The molecule has 0 radical (unpaired) electrons. The van der Waals surface area contributed by atoms with E-state index >= 15 is 0 Å². The molecule has 1 N–H and O–H groups in total. The lowest BCUT2D eigenvalue weighted by atomic mass is 9.82. The molecule has 2 aromatic rings. The zero-order chi connectivity index (χ0) is 20.5. The number of phenolic OH excluding ortho intramolecular Hbond substituents is 1. The highest BCUT2D eigenvalue weighted by atomic mass is 35.5. The summed E-state index contributed by atoms with van der Waals surface area (Å²) in [6, 6.07) is 8.16. The van der Waals surface area contributed by atoms with Crippen molar-refractivity contribution in [2.45, 2.75) is 5.88 Å². The molecule has 2 aromatic carbocycles. The van der Waals surface area contributed by atoms with Gasteiger partial charge in [0.05, 0.1) is 17.0 Å². The van der Waals surface area contributed by atoms with E-state index in [-0.39, 0.29) is 58.9 Å². The molecule has 1 aliphatic carbocycles. The zero-order valence-electron chi connectivity index (χ0n) is 17.1. The third-order valence-electron chi connectivity index (χ3n) is 5.64. The van der Waals surface area contributed by atoms with E-state index < -0.39 is 5.78 Å². The molecule has 1 aliphatic heterocycles. The molecule has 0 atom stereocenters. The first kappa shape index (κ1) is 25.4. The molecular weight excluding hydrogens is 463 g/mol. The summed E-state index contributed by atoms with van der Waals surface area (Å²) in [7, 11) is 2.11. The molecule has 4 rings (SSSR count). The Morgan fingerprint density at radius 2 is 1.65 bits per heavy atom. The van der Waals surface area contributed by atoms with Crippen molar-refractivity contribution in [3.63, 3.8) is 0 Å². The topological polar surface area (TPSA) is 70.1 Å². The first-order chi connectivity index (χ1) is 14.0. The van der Waals surface area contributed by atoms with Crippen LogP contribution in [0.3, 0.4) is 0 Å². The second-order valence-corrected chi connectivity index (χ2v) is 7.73. The van der Waals surface area contributed by atoms with Gasteiger partial charge in [0.1, 0.15) is 18.1 Å². The summed E-state index contributed by atoms with van der Waals surface area (Å²) in [5.74, 6) is -0.508. The lowest BCUT2D eigenvalue weighted by molar-refractivity contribution is 0.0971. The van der Waals surface area contributed by atoms with Crippen LogP contribution < -0.4 is 4.74 Å². The average molecular weight is 488 g/mol. The lowest BCUT2D eigenvalue weighted by Crippen LogP contribution is -2.45. The quantitative estimate of drug-likeness (QED) is 0.557. The van der Waals surface area contributed by atoms with Crippen LogP contribution in [0, 0.1) is 0 Å². The van der Waals surface area contributed by atoms with Gasteiger partial charge in [0, 0.05) is 49.4 Å². The van der Waals surface area contributed by atoms with Crippen molar-refractivity contribution in [3.05, 3.63) is 58.1 Å². The summed E-state index contributed by atoms with van der Waals surface area (Å²) < 4.78 is 5.93. The van der Waals surface area contributed by atoms with Crippen LogP contribution in [-0.2, 0) is 5.88 Å². The molecule has 1 fully saturated rings. The van der Waals surface area contributed by atoms with E-state index in [1.807, 2.05) is 0 Å². The minimum Gasteiger partial charge on any atom is -0.507 e. The molecule has 0 aromatic heterocycles. The van der Waals surface area contributed by atoms with Crippen LogP contribution in [-0.4, -0.2) is 72.9 Å². The first-order valence-corrected chi connectivity index (χ1v) is 10.2. The Hall–Kier alpha value is -1.83. The number of hydrogen-bond acceptors (Lipinski definition) is 6. The Morgan fingerprint density at radius 1 is 0.968 bits per heavy atom. The number of carbonyl (C=O) groups is 2. The number of alkyl halides is 1. The fourth-order valence-electron chi connectivity index (χ4n) is 3.86. The number of nitrogens with zero attached hydrogens (tertiary/aromatic N) is 2. The molecule has 168 valence electrons. The molecule has 0 unspecified atom stereocenters. The fourth-order valence-corrected chi connectivity index (χ4v) is 4.08. The molecule has 6 nitrogen and oxygen atoms in total. The molecule has 0 bridgehead atoms. The van der Waals surface area contributed by atoms with Gasteiger partial charge in [-0.2, -0.15) is 0 Å². The SMILES string of the molecule is CN1CCN(CCOc2cccc3c2C(=O)c2c(ccc(CCl)c2O)C3=O)CC1.Cl.Cl. The van der Waals surface area contributed by atoms with Crippen molar-refractivity contribution in [2.75, 3.05) is 46.4 Å². The maximum atomic E-state index is 13.2. The first-order valence-electron chi connectivity index (χ1n) is 9.68. The fraction of sp³-hybridized carbons (Fsp3) is 0.364. The van der Waals surface area contributed by atoms with Gasteiger partial charge < -0.3 is 14.7 Å². The van der Waals surface area contributed by atoms with Crippen molar-refractivity contribution in [1.82, 2.24) is 9.80 Å². The van der Waals surface area contributed by atoms with E-state index in [2.05, 4.69) is 16.8 Å². The highest BCUT2D eigenvalue weighted by Gasteiger charge is 2.35. The van der Waals surface area contributed by atoms with Gasteiger partial charge in [-0.1, -0.05) is 18.2 Å². The number of fused-ring (bicyclic) bond motifs is 2. The van der Waals surface area contributed by atoms with Gasteiger partial charge in [-0.25, -0.2) is 0 Å². The van der Waals surface area contributed by atoms with Crippen molar-refractivity contribution in [2.24, 2.45) is 0 Å². The van der Waals surface area contributed by atoms with Crippen LogP contribution in [0.5, 0.6) is 11.5 Å². The van der Waals surface area contributed by atoms with Crippen LogP contribution in [0.15, 0.2) is 30.3 Å². The van der Waals surface area contributed by atoms with Gasteiger partial charge >= 0.3 is 0 Å². The Labute approximate surface area is 198 Å². The number of phenols is 1. The van der Waals surface area contributed by atoms with E-state index in [1.165, 1.54) is 0 Å². The summed E-state index contributed by atoms with van der Waals surface area (Å²) in [6.45, 7) is 5.17. The standard InChI is InChI=1S/C22H23ClN2O4.2ClH/c1-24-7-9-25(10-8-24)11-12-29-17-4-2-3-15-18(17)22(28)19-16(21(15)27)6-5-14(13-23)20(19)26;;/h2-6,26H,7-13H2,1H3;2*1H. The largest absolute Gasteiger partial charge is 0.507 e. The molecule has 0 amide bonds. The number of ketones is 2. The van der Waals surface area contributed by atoms with Crippen LogP contribution in [0.4, 0.5) is 0 Å². The highest BCUT2D eigenvalue weighted by Crippen LogP contribution is 2.38. The molecule has 9 heteroatoms. The smallest absolute Gasteiger partial charge is 0.201 e. The van der Waals surface area contributed by atoms with E-state index in [4.69, 9.17) is 16.3 Å². The normalized spacial score (nSPS) is 16.1. The number of likely N-dealkylation sites (N-methyl/N-ethyl adjacent to an activating group) is 1. The van der Waals surface area contributed by atoms with E-state index in [0.29, 0.717) is 23.5 Å². The third-order valence-corrected chi connectivity index (χ3v) is 5.92. The number of piperazine rings is 1. The number of halogens is 3. The minimum atomic E-state index is -0.408. The van der Waals surface area contributed by atoms with Crippen LogP contribution in [0.2, 0.25) is 0 Å². The van der Waals surface area contributed by atoms with E-state index in [0.717, 1.165) is 32.7 Å². The molecule has 1 saturated heterocycles. The van der Waals surface area contributed by atoms with Gasteiger partial charge in [0.25, 0.3) is 0 Å². The number of benzene rings is 2. The lowest BCUT2D eigenvalue weighted by Gasteiger charge is -2.32. The third kappa shape index (κ3) is 4.83. The summed E-state index contributed by atoms with van der Waals surface area (Å²) in [5, 5.41) is 10.5. The molecule has 31 heavy (non-hydrogen) atoms. The summed E-state index contributed by atoms with van der Waals surface area (Å²) in [4.78, 5) is 30.8. The van der Waals surface area contributed by atoms with Crippen molar-refractivity contribution in [1.29, 1.82) is 0 Å². The predicted octanol–water partition coefficient (Wildman–Crippen LogP) is 3.38. The number of rotatable bonds is 5. The highest BCUT2D eigenvalue weighted by molar-refractivity contribution is 6.30. The minimum absolute atomic E-state index is 0. The van der Waals surface area contributed by atoms with Crippen molar-refractivity contribution in [3.8, 4) is 11.5 Å².